The molecule has 0 aliphatic heterocycles. The molecule has 7 rings (SSSR count). The van der Waals surface area contributed by atoms with Crippen LogP contribution in [0, 0.1) is 27.7 Å². The minimum absolute atomic E-state index is 0.0995. The van der Waals surface area contributed by atoms with E-state index in [1.807, 2.05) is 6.20 Å². The SMILES string of the molecule is CCCCc1ccnc(-n2c3ccccc3c3ccc(Oc4cc(-n5nc(C)c(-c6c(C)cc(C(C)C)cc6C)c5C)cc(C(C)(C)C)c4)cc32)c1. The summed E-state index contributed by atoms with van der Waals surface area (Å²) in [6.45, 7) is 22.3. The molecular formula is C47H52N4O. The van der Waals surface area contributed by atoms with E-state index < -0.39 is 0 Å². The van der Waals surface area contributed by atoms with Gasteiger partial charge in [0.2, 0.25) is 0 Å². The Kier molecular flexibility index (Phi) is 9.33. The summed E-state index contributed by atoms with van der Waals surface area (Å²) in [6.07, 6.45) is 5.31. The Hall–Kier alpha value is -5.16. The Bertz CT molecular complexity index is 2410. The zero-order valence-electron chi connectivity index (χ0n) is 32.6. The van der Waals surface area contributed by atoms with Crippen molar-refractivity contribution in [2.45, 2.75) is 99.8 Å². The van der Waals surface area contributed by atoms with Gasteiger partial charge in [-0.05, 0) is 128 Å². The summed E-state index contributed by atoms with van der Waals surface area (Å²) in [5.41, 5.74) is 14.2. The van der Waals surface area contributed by atoms with Crippen LogP contribution >= 0.6 is 0 Å². The van der Waals surface area contributed by atoms with E-state index in [4.69, 9.17) is 14.8 Å². The molecule has 0 aliphatic rings. The first kappa shape index (κ1) is 35.3. The van der Waals surface area contributed by atoms with Crippen molar-refractivity contribution in [1.82, 2.24) is 19.3 Å². The summed E-state index contributed by atoms with van der Waals surface area (Å²) in [6, 6.07) is 30.6. The van der Waals surface area contributed by atoms with E-state index in [0.717, 1.165) is 64.7 Å². The fourth-order valence-corrected chi connectivity index (χ4v) is 7.69. The maximum absolute atomic E-state index is 6.81. The van der Waals surface area contributed by atoms with E-state index in [9.17, 15) is 0 Å². The molecule has 0 saturated carbocycles. The molecule has 7 aromatic rings. The van der Waals surface area contributed by atoms with Crippen LogP contribution in [-0.4, -0.2) is 19.3 Å². The predicted molar refractivity (Wildman–Crippen MR) is 218 cm³/mol. The Balaban J connectivity index is 1.33. The summed E-state index contributed by atoms with van der Waals surface area (Å²) in [7, 11) is 0. The van der Waals surface area contributed by atoms with Crippen LogP contribution in [0.2, 0.25) is 0 Å². The van der Waals surface area contributed by atoms with E-state index in [0.29, 0.717) is 5.92 Å². The molecule has 266 valence electrons. The first-order valence-corrected chi connectivity index (χ1v) is 18.8. The molecule has 4 aromatic carbocycles. The van der Waals surface area contributed by atoms with Crippen molar-refractivity contribution in [1.29, 1.82) is 0 Å². The highest BCUT2D eigenvalue weighted by Gasteiger charge is 2.22. The van der Waals surface area contributed by atoms with Crippen LogP contribution in [0.25, 0.3) is 44.4 Å². The molecule has 0 aliphatic carbocycles. The third kappa shape index (κ3) is 6.53. The highest BCUT2D eigenvalue weighted by molar-refractivity contribution is 6.09. The molecule has 3 aromatic heterocycles. The molecule has 5 heteroatoms. The van der Waals surface area contributed by atoms with Crippen LogP contribution in [0.4, 0.5) is 0 Å². The van der Waals surface area contributed by atoms with Crippen LogP contribution in [0.1, 0.15) is 99.5 Å². The molecule has 0 saturated heterocycles. The van der Waals surface area contributed by atoms with Crippen molar-refractivity contribution in [3.05, 3.63) is 130 Å². The Morgan fingerprint density at radius 1 is 0.750 bits per heavy atom. The average molecular weight is 689 g/mol. The summed E-state index contributed by atoms with van der Waals surface area (Å²) >= 11 is 0. The molecule has 0 bridgehead atoms. The quantitative estimate of drug-likeness (QED) is 0.152. The lowest BCUT2D eigenvalue weighted by Gasteiger charge is -2.22. The van der Waals surface area contributed by atoms with Crippen LogP contribution in [0.15, 0.2) is 91.1 Å². The number of hydrogen-bond acceptors (Lipinski definition) is 3. The van der Waals surface area contributed by atoms with Gasteiger partial charge in [-0.2, -0.15) is 5.10 Å². The average Bonchev–Trinajstić information content (AvgIpc) is 3.59. The standard InChI is InChI=1S/C47H52N4O/c1-11-12-15-34-20-21-48-44(24-34)50-42-17-14-13-16-40(42)41-19-18-38(28-43(41)50)52-39-26-36(47(8,9)10)25-37(27-39)51-33(7)46(32(6)49-51)45-30(4)22-35(29(2)3)23-31(45)5/h13-14,16-29H,11-12,15H2,1-10H3. The lowest BCUT2D eigenvalue weighted by molar-refractivity contribution is 0.478. The fraction of sp³-hybridized carbons (Fsp3) is 0.319. The molecule has 52 heavy (non-hydrogen) atoms. The van der Waals surface area contributed by atoms with Gasteiger partial charge in [0, 0.05) is 40.4 Å². The van der Waals surface area contributed by atoms with Gasteiger partial charge in [-0.15, -0.1) is 0 Å². The number of aryl methyl sites for hydroxylation is 4. The molecule has 0 atom stereocenters. The Labute approximate surface area is 309 Å². The number of benzene rings is 4. The number of hydrogen-bond donors (Lipinski definition) is 0. The normalized spacial score (nSPS) is 12.1. The zero-order valence-corrected chi connectivity index (χ0v) is 32.6. The molecule has 0 radical (unpaired) electrons. The smallest absolute Gasteiger partial charge is 0.137 e. The van der Waals surface area contributed by atoms with Gasteiger partial charge in [-0.25, -0.2) is 9.67 Å². The van der Waals surface area contributed by atoms with E-state index in [1.165, 1.54) is 49.7 Å². The van der Waals surface area contributed by atoms with Crippen molar-refractivity contribution in [2.75, 3.05) is 0 Å². The molecule has 0 fully saturated rings. The number of para-hydroxylation sites is 1. The van der Waals surface area contributed by atoms with E-state index in [2.05, 4.69) is 163 Å². The van der Waals surface area contributed by atoms with E-state index in [1.54, 1.807) is 0 Å². The summed E-state index contributed by atoms with van der Waals surface area (Å²) in [5, 5.41) is 7.53. The minimum Gasteiger partial charge on any atom is -0.457 e. The molecule has 0 amide bonds. The number of nitrogens with zero attached hydrogens (tertiary/aromatic N) is 4. The van der Waals surface area contributed by atoms with E-state index in [-0.39, 0.29) is 5.41 Å². The zero-order chi connectivity index (χ0) is 36.9. The summed E-state index contributed by atoms with van der Waals surface area (Å²) in [4.78, 5) is 4.86. The number of fused-ring (bicyclic) bond motifs is 3. The van der Waals surface area contributed by atoms with Crippen LogP contribution in [0.3, 0.4) is 0 Å². The van der Waals surface area contributed by atoms with Gasteiger partial charge in [-0.3, -0.25) is 4.57 Å². The largest absolute Gasteiger partial charge is 0.457 e. The number of ether oxygens (including phenoxy) is 1. The van der Waals surface area contributed by atoms with Crippen LogP contribution < -0.4 is 4.74 Å². The molecule has 5 nitrogen and oxygen atoms in total. The van der Waals surface area contributed by atoms with Gasteiger partial charge < -0.3 is 4.74 Å². The van der Waals surface area contributed by atoms with Crippen LogP contribution in [0.5, 0.6) is 11.5 Å². The molecule has 3 heterocycles. The van der Waals surface area contributed by atoms with Gasteiger partial charge in [0.15, 0.2) is 0 Å². The second-order valence-corrected chi connectivity index (χ2v) is 15.9. The lowest BCUT2D eigenvalue weighted by Crippen LogP contribution is -2.12. The van der Waals surface area contributed by atoms with Crippen LogP contribution in [-0.2, 0) is 11.8 Å². The number of aromatic nitrogens is 4. The van der Waals surface area contributed by atoms with Crippen molar-refractivity contribution >= 4 is 21.8 Å². The number of pyridine rings is 1. The van der Waals surface area contributed by atoms with Gasteiger partial charge in [0.1, 0.15) is 17.3 Å². The van der Waals surface area contributed by atoms with Gasteiger partial charge in [0.05, 0.1) is 22.4 Å². The second-order valence-electron chi connectivity index (χ2n) is 15.9. The first-order chi connectivity index (χ1) is 24.8. The number of unbranched alkanes of at least 4 members (excludes halogenated alkanes) is 1. The third-order valence-electron chi connectivity index (χ3n) is 10.5. The molecular weight excluding hydrogens is 637 g/mol. The maximum atomic E-state index is 6.81. The Morgan fingerprint density at radius 2 is 1.48 bits per heavy atom. The Morgan fingerprint density at radius 3 is 2.19 bits per heavy atom. The predicted octanol–water partition coefficient (Wildman–Crippen LogP) is 12.8. The maximum Gasteiger partial charge on any atom is 0.137 e. The second kappa shape index (κ2) is 13.8. The summed E-state index contributed by atoms with van der Waals surface area (Å²) in [5.74, 6) is 2.98. The van der Waals surface area contributed by atoms with Crippen molar-refractivity contribution in [3.8, 4) is 34.1 Å². The monoisotopic (exact) mass is 688 g/mol. The van der Waals surface area contributed by atoms with Gasteiger partial charge in [0.25, 0.3) is 0 Å². The van der Waals surface area contributed by atoms with Gasteiger partial charge >= 0.3 is 0 Å². The fourth-order valence-electron chi connectivity index (χ4n) is 7.69. The molecule has 0 unspecified atom stereocenters. The topological polar surface area (TPSA) is 44.9 Å². The molecule has 0 N–H and O–H groups in total. The highest BCUT2D eigenvalue weighted by atomic mass is 16.5. The van der Waals surface area contributed by atoms with Crippen molar-refractivity contribution < 1.29 is 4.74 Å². The first-order valence-electron chi connectivity index (χ1n) is 18.8. The van der Waals surface area contributed by atoms with E-state index >= 15 is 0 Å². The summed E-state index contributed by atoms with van der Waals surface area (Å²) < 4.78 is 11.2. The van der Waals surface area contributed by atoms with Gasteiger partial charge in [-0.1, -0.05) is 78.3 Å². The minimum atomic E-state index is -0.0995. The third-order valence-corrected chi connectivity index (χ3v) is 10.5. The lowest BCUT2D eigenvalue weighted by atomic mass is 9.86. The van der Waals surface area contributed by atoms with Crippen molar-refractivity contribution in [3.63, 3.8) is 0 Å². The molecule has 0 spiro atoms. The van der Waals surface area contributed by atoms with Crippen molar-refractivity contribution in [2.24, 2.45) is 0 Å². The highest BCUT2D eigenvalue weighted by Crippen LogP contribution is 2.39. The number of rotatable bonds is 9.